The summed E-state index contributed by atoms with van der Waals surface area (Å²) in [6.07, 6.45) is 0.710. The molecule has 0 saturated carbocycles. The fraction of sp³-hybridized carbons (Fsp3) is 0.333. The van der Waals surface area contributed by atoms with Crippen molar-refractivity contribution < 1.29 is 9.53 Å². The molecule has 1 heterocycles. The van der Waals surface area contributed by atoms with Crippen molar-refractivity contribution in [3.63, 3.8) is 0 Å². The van der Waals surface area contributed by atoms with Crippen molar-refractivity contribution in [1.29, 1.82) is 0 Å². The van der Waals surface area contributed by atoms with Crippen LogP contribution >= 0.6 is 35.3 Å². The quantitative estimate of drug-likeness (QED) is 0.728. The molecule has 0 spiro atoms. The van der Waals surface area contributed by atoms with Gasteiger partial charge in [-0.05, 0) is 37.1 Å². The number of hydrogen-bond donors (Lipinski definition) is 2. The molecular weight excluding hydrogens is 357 g/mol. The van der Waals surface area contributed by atoms with Crippen molar-refractivity contribution in [2.24, 2.45) is 5.73 Å². The number of aryl methyl sites for hydroxylation is 1. The molecule has 2 rings (SSSR count). The summed E-state index contributed by atoms with van der Waals surface area (Å²) in [5, 5.41) is 5.97. The molecule has 0 bridgehead atoms. The zero-order valence-electron chi connectivity index (χ0n) is 12.7. The van der Waals surface area contributed by atoms with Crippen LogP contribution in [0, 0.1) is 6.92 Å². The van der Waals surface area contributed by atoms with Crippen LogP contribution in [0.25, 0.3) is 0 Å². The van der Waals surface area contributed by atoms with Crippen molar-refractivity contribution in [3.8, 4) is 5.75 Å². The highest BCUT2D eigenvalue weighted by Gasteiger charge is 2.09. The first-order valence-corrected chi connectivity index (χ1v) is 8.17. The first kappa shape index (κ1) is 19.7. The number of nitrogens with zero attached hydrogens (tertiary/aromatic N) is 1. The van der Waals surface area contributed by atoms with E-state index in [1.165, 1.54) is 11.3 Å². The van der Waals surface area contributed by atoms with Crippen molar-refractivity contribution in [2.75, 3.05) is 13.2 Å². The number of halogens is 2. The van der Waals surface area contributed by atoms with Gasteiger partial charge in [0, 0.05) is 23.5 Å². The Morgan fingerprint density at radius 1 is 1.48 bits per heavy atom. The van der Waals surface area contributed by atoms with Gasteiger partial charge in [0.2, 0.25) is 0 Å². The largest absolute Gasteiger partial charge is 0.493 e. The van der Waals surface area contributed by atoms with Gasteiger partial charge >= 0.3 is 0 Å². The Labute approximate surface area is 150 Å². The Balaban J connectivity index is 0.00000264. The number of carbonyl (C=O) groups excluding carboxylic acids is 1. The number of nitrogens with one attached hydrogen (secondary N) is 1. The molecule has 3 N–H and O–H groups in total. The molecule has 0 aliphatic rings. The second-order valence-corrected chi connectivity index (χ2v) is 6.08. The third kappa shape index (κ3) is 5.99. The standard InChI is InChI=1S/C15H18ClN3O2S.ClH/c1-10-7-11(16)3-4-13(10)21-6-2-5-18-15(20)12-9-22-14(8-17)19-12;/h3-4,7,9H,2,5-6,8,17H2,1H3,(H,18,20);1H. The van der Waals surface area contributed by atoms with E-state index >= 15 is 0 Å². The maximum absolute atomic E-state index is 11.8. The minimum Gasteiger partial charge on any atom is -0.493 e. The Kier molecular flexibility index (Phi) is 8.33. The number of thiazole rings is 1. The van der Waals surface area contributed by atoms with Gasteiger partial charge in [-0.1, -0.05) is 11.6 Å². The smallest absolute Gasteiger partial charge is 0.270 e. The van der Waals surface area contributed by atoms with E-state index < -0.39 is 0 Å². The van der Waals surface area contributed by atoms with Gasteiger partial charge in [0.25, 0.3) is 5.91 Å². The summed E-state index contributed by atoms with van der Waals surface area (Å²) >= 11 is 7.28. The van der Waals surface area contributed by atoms with Crippen LogP contribution in [0.1, 0.15) is 27.5 Å². The SMILES string of the molecule is Cc1cc(Cl)ccc1OCCCNC(=O)c1csc(CN)n1.Cl. The van der Waals surface area contributed by atoms with Crippen LogP contribution in [-0.2, 0) is 6.54 Å². The van der Waals surface area contributed by atoms with Gasteiger partial charge in [-0.15, -0.1) is 23.7 Å². The van der Waals surface area contributed by atoms with Gasteiger partial charge in [0.15, 0.2) is 0 Å². The molecule has 0 fully saturated rings. The fourth-order valence-electron chi connectivity index (χ4n) is 1.83. The van der Waals surface area contributed by atoms with Gasteiger partial charge in [-0.2, -0.15) is 0 Å². The van der Waals surface area contributed by atoms with E-state index in [0.717, 1.165) is 16.3 Å². The highest BCUT2D eigenvalue weighted by atomic mass is 35.5. The third-order valence-corrected chi connectivity index (χ3v) is 4.07. The Morgan fingerprint density at radius 2 is 2.26 bits per heavy atom. The molecule has 23 heavy (non-hydrogen) atoms. The van der Waals surface area contributed by atoms with Crippen molar-refractivity contribution >= 4 is 41.3 Å². The molecule has 126 valence electrons. The average molecular weight is 376 g/mol. The van der Waals surface area contributed by atoms with Gasteiger partial charge in [0.05, 0.1) is 6.61 Å². The van der Waals surface area contributed by atoms with Crippen molar-refractivity contribution in [1.82, 2.24) is 10.3 Å². The molecule has 0 aliphatic heterocycles. The minimum absolute atomic E-state index is 0. The molecule has 1 aromatic heterocycles. The van der Waals surface area contributed by atoms with E-state index in [1.807, 2.05) is 19.1 Å². The summed E-state index contributed by atoms with van der Waals surface area (Å²) in [5.74, 6) is 0.626. The molecule has 1 amide bonds. The Bertz CT molecular complexity index is 649. The highest BCUT2D eigenvalue weighted by molar-refractivity contribution is 7.09. The summed E-state index contributed by atoms with van der Waals surface area (Å²) in [5.41, 5.74) is 6.88. The van der Waals surface area contributed by atoms with E-state index in [2.05, 4.69) is 10.3 Å². The van der Waals surface area contributed by atoms with Gasteiger partial charge in [-0.3, -0.25) is 4.79 Å². The maximum Gasteiger partial charge on any atom is 0.270 e. The number of benzene rings is 1. The number of hydrogen-bond acceptors (Lipinski definition) is 5. The fourth-order valence-corrected chi connectivity index (χ4v) is 2.71. The number of carbonyl (C=O) groups is 1. The molecule has 0 aliphatic carbocycles. The van der Waals surface area contributed by atoms with Crippen LogP contribution in [0.2, 0.25) is 5.02 Å². The van der Waals surface area contributed by atoms with Crippen LogP contribution in [0.5, 0.6) is 5.75 Å². The van der Waals surface area contributed by atoms with Crippen LogP contribution in [0.15, 0.2) is 23.6 Å². The lowest BCUT2D eigenvalue weighted by Gasteiger charge is -2.09. The van der Waals surface area contributed by atoms with Crippen LogP contribution < -0.4 is 15.8 Å². The van der Waals surface area contributed by atoms with Crippen molar-refractivity contribution in [3.05, 3.63) is 44.9 Å². The summed E-state index contributed by atoms with van der Waals surface area (Å²) in [7, 11) is 0. The number of amides is 1. The lowest BCUT2D eigenvalue weighted by atomic mass is 10.2. The van der Waals surface area contributed by atoms with Crippen molar-refractivity contribution in [2.45, 2.75) is 19.9 Å². The maximum atomic E-state index is 11.8. The molecule has 5 nitrogen and oxygen atoms in total. The number of ether oxygens (including phenoxy) is 1. The minimum atomic E-state index is -0.182. The van der Waals surface area contributed by atoms with Gasteiger partial charge < -0.3 is 15.8 Å². The molecule has 2 aromatic rings. The Hall–Kier alpha value is -1.34. The molecule has 1 aromatic carbocycles. The number of nitrogens with two attached hydrogens (primary N) is 1. The first-order chi connectivity index (χ1) is 10.6. The lowest BCUT2D eigenvalue weighted by Crippen LogP contribution is -2.26. The van der Waals surface area contributed by atoms with Gasteiger partial charge in [0.1, 0.15) is 16.5 Å². The second-order valence-electron chi connectivity index (χ2n) is 4.70. The normalized spacial score (nSPS) is 10.0. The van der Waals surface area contributed by atoms with E-state index in [0.29, 0.717) is 36.8 Å². The molecule has 0 unspecified atom stereocenters. The van der Waals surface area contributed by atoms with Gasteiger partial charge in [-0.25, -0.2) is 4.98 Å². The molecule has 0 saturated heterocycles. The van der Waals surface area contributed by atoms with Crippen LogP contribution in [0.3, 0.4) is 0 Å². The average Bonchev–Trinajstić information content (AvgIpc) is 2.97. The molecule has 0 atom stereocenters. The molecule has 0 radical (unpaired) electrons. The van der Waals surface area contributed by atoms with E-state index in [9.17, 15) is 4.79 Å². The van der Waals surface area contributed by atoms with E-state index in [1.54, 1.807) is 11.4 Å². The third-order valence-electron chi connectivity index (χ3n) is 2.96. The summed E-state index contributed by atoms with van der Waals surface area (Å²) in [4.78, 5) is 16.0. The predicted molar refractivity (Wildman–Crippen MR) is 95.9 cm³/mol. The summed E-state index contributed by atoms with van der Waals surface area (Å²) < 4.78 is 5.66. The zero-order chi connectivity index (χ0) is 15.9. The predicted octanol–water partition coefficient (Wildman–Crippen LogP) is 3.18. The number of aromatic nitrogens is 1. The highest BCUT2D eigenvalue weighted by Crippen LogP contribution is 2.21. The van der Waals surface area contributed by atoms with E-state index in [-0.39, 0.29) is 18.3 Å². The summed E-state index contributed by atoms with van der Waals surface area (Å²) in [6, 6.07) is 5.50. The monoisotopic (exact) mass is 375 g/mol. The topological polar surface area (TPSA) is 77.2 Å². The summed E-state index contributed by atoms with van der Waals surface area (Å²) in [6.45, 7) is 3.35. The van der Waals surface area contributed by atoms with E-state index in [4.69, 9.17) is 22.1 Å². The molecular formula is C15H19Cl2N3O2S. The molecule has 8 heteroatoms. The number of rotatable bonds is 7. The second kappa shape index (κ2) is 9.72. The zero-order valence-corrected chi connectivity index (χ0v) is 15.1. The Morgan fingerprint density at radius 3 is 2.91 bits per heavy atom. The first-order valence-electron chi connectivity index (χ1n) is 6.92. The van der Waals surface area contributed by atoms with Crippen LogP contribution in [0.4, 0.5) is 0 Å². The lowest BCUT2D eigenvalue weighted by molar-refractivity contribution is 0.0947. The van der Waals surface area contributed by atoms with Crippen LogP contribution in [-0.4, -0.2) is 24.0 Å².